The second kappa shape index (κ2) is 8.15. The highest BCUT2D eigenvalue weighted by molar-refractivity contribution is 9.10. The fourth-order valence-electron chi connectivity index (χ4n) is 1.54. The van der Waals surface area contributed by atoms with Gasteiger partial charge in [-0.25, -0.2) is 4.39 Å². The number of amides is 1. The first-order valence-corrected chi connectivity index (χ1v) is 7.23. The number of rotatable bonds is 7. The Morgan fingerprint density at radius 1 is 1.47 bits per heavy atom. The molecule has 1 unspecified atom stereocenters. The van der Waals surface area contributed by atoms with Crippen LogP contribution in [-0.4, -0.2) is 18.6 Å². The van der Waals surface area contributed by atoms with E-state index in [0.29, 0.717) is 16.8 Å². The van der Waals surface area contributed by atoms with E-state index in [1.807, 2.05) is 0 Å². The van der Waals surface area contributed by atoms with Gasteiger partial charge in [-0.1, -0.05) is 19.8 Å². The first-order valence-electron chi connectivity index (χ1n) is 6.44. The maximum atomic E-state index is 13.1. The quantitative estimate of drug-likeness (QED) is 0.774. The van der Waals surface area contributed by atoms with Crippen LogP contribution in [0.3, 0.4) is 0 Å². The predicted octanol–water partition coefficient (Wildman–Crippen LogP) is 3.66. The van der Waals surface area contributed by atoms with Crippen LogP contribution < -0.4 is 10.1 Å². The topological polar surface area (TPSA) is 38.3 Å². The minimum absolute atomic E-state index is 0.188. The lowest BCUT2D eigenvalue weighted by Crippen LogP contribution is -2.36. The summed E-state index contributed by atoms with van der Waals surface area (Å²) in [6.07, 6.45) is 2.50. The van der Waals surface area contributed by atoms with Crippen molar-refractivity contribution in [3.05, 3.63) is 28.5 Å². The minimum atomic E-state index is -0.653. The molecule has 0 bridgehead atoms. The highest BCUT2D eigenvalue weighted by Crippen LogP contribution is 2.26. The van der Waals surface area contributed by atoms with Crippen LogP contribution in [0.25, 0.3) is 0 Å². The summed E-state index contributed by atoms with van der Waals surface area (Å²) in [6, 6.07) is 4.13. The lowest BCUT2D eigenvalue weighted by Gasteiger charge is -2.15. The number of hydrogen-bond acceptors (Lipinski definition) is 2. The number of benzene rings is 1. The molecule has 0 radical (unpaired) electrons. The van der Waals surface area contributed by atoms with Gasteiger partial charge >= 0.3 is 0 Å². The molecule has 0 fully saturated rings. The molecule has 1 rings (SSSR count). The molecule has 0 aliphatic carbocycles. The van der Waals surface area contributed by atoms with Crippen LogP contribution in [0.1, 0.15) is 33.1 Å². The Kier molecular flexibility index (Phi) is 6.84. The normalized spacial score (nSPS) is 12.0. The van der Waals surface area contributed by atoms with Crippen molar-refractivity contribution in [1.29, 1.82) is 0 Å². The van der Waals surface area contributed by atoms with Crippen LogP contribution in [0.4, 0.5) is 4.39 Å². The number of nitrogens with one attached hydrogen (secondary N) is 1. The van der Waals surface area contributed by atoms with Gasteiger partial charge in [-0.15, -0.1) is 0 Å². The third-order valence-electron chi connectivity index (χ3n) is 2.65. The molecule has 3 nitrogen and oxygen atoms in total. The van der Waals surface area contributed by atoms with Crippen molar-refractivity contribution in [2.75, 3.05) is 6.54 Å². The SMILES string of the molecule is CCCCCNC(=O)C(C)Oc1cc(F)ccc1Br. The smallest absolute Gasteiger partial charge is 0.260 e. The van der Waals surface area contributed by atoms with Gasteiger partial charge in [0.15, 0.2) is 6.10 Å². The molecule has 0 heterocycles. The Bertz CT molecular complexity index is 426. The Labute approximate surface area is 121 Å². The lowest BCUT2D eigenvalue weighted by atomic mass is 10.2. The van der Waals surface area contributed by atoms with E-state index in [2.05, 4.69) is 28.2 Å². The van der Waals surface area contributed by atoms with E-state index in [-0.39, 0.29) is 5.91 Å². The Morgan fingerprint density at radius 2 is 2.21 bits per heavy atom. The lowest BCUT2D eigenvalue weighted by molar-refractivity contribution is -0.127. The first-order chi connectivity index (χ1) is 9.04. The van der Waals surface area contributed by atoms with Crippen LogP contribution in [0.2, 0.25) is 0 Å². The Morgan fingerprint density at radius 3 is 2.89 bits per heavy atom. The average Bonchev–Trinajstić information content (AvgIpc) is 2.38. The van der Waals surface area contributed by atoms with Crippen molar-refractivity contribution in [3.8, 4) is 5.75 Å². The first kappa shape index (κ1) is 16.0. The van der Waals surface area contributed by atoms with E-state index in [1.54, 1.807) is 13.0 Å². The van der Waals surface area contributed by atoms with Gasteiger partial charge in [-0.2, -0.15) is 0 Å². The van der Waals surface area contributed by atoms with Crippen LogP contribution >= 0.6 is 15.9 Å². The standard InChI is InChI=1S/C14H19BrFNO2/c1-3-4-5-8-17-14(18)10(2)19-13-9-11(16)6-7-12(13)15/h6-7,9-10H,3-5,8H2,1-2H3,(H,17,18). The van der Waals surface area contributed by atoms with Crippen molar-refractivity contribution < 1.29 is 13.9 Å². The molecule has 5 heteroatoms. The van der Waals surface area contributed by atoms with Gasteiger partial charge in [0.1, 0.15) is 11.6 Å². The largest absolute Gasteiger partial charge is 0.480 e. The second-order valence-electron chi connectivity index (χ2n) is 4.33. The number of carbonyl (C=O) groups excluding carboxylic acids is 1. The zero-order valence-corrected chi connectivity index (χ0v) is 12.8. The molecule has 0 aliphatic heterocycles. The number of hydrogen-bond donors (Lipinski definition) is 1. The van der Waals surface area contributed by atoms with Crippen LogP contribution in [0.15, 0.2) is 22.7 Å². The third-order valence-corrected chi connectivity index (χ3v) is 3.30. The van der Waals surface area contributed by atoms with Crippen LogP contribution in [0.5, 0.6) is 5.75 Å². The fraction of sp³-hybridized carbons (Fsp3) is 0.500. The van der Waals surface area contributed by atoms with E-state index >= 15 is 0 Å². The Hall–Kier alpha value is -1.10. The summed E-state index contributed by atoms with van der Waals surface area (Å²) < 4.78 is 19.2. The zero-order valence-electron chi connectivity index (χ0n) is 11.2. The van der Waals surface area contributed by atoms with Gasteiger partial charge in [0.25, 0.3) is 5.91 Å². The maximum Gasteiger partial charge on any atom is 0.260 e. The molecule has 1 aromatic carbocycles. The summed E-state index contributed by atoms with van der Waals surface area (Å²) in [4.78, 5) is 11.8. The predicted molar refractivity (Wildman–Crippen MR) is 76.7 cm³/mol. The summed E-state index contributed by atoms with van der Waals surface area (Å²) in [6.45, 7) is 4.40. The highest BCUT2D eigenvalue weighted by Gasteiger charge is 2.15. The van der Waals surface area contributed by atoms with Crippen molar-refractivity contribution in [1.82, 2.24) is 5.32 Å². The van der Waals surface area contributed by atoms with Crippen molar-refractivity contribution in [2.45, 2.75) is 39.2 Å². The van der Waals surface area contributed by atoms with Gasteiger partial charge in [0.2, 0.25) is 0 Å². The van der Waals surface area contributed by atoms with Gasteiger partial charge in [0.05, 0.1) is 4.47 Å². The summed E-state index contributed by atoms with van der Waals surface area (Å²) in [5, 5.41) is 2.80. The third kappa shape index (κ3) is 5.59. The molecule has 1 amide bonds. The van der Waals surface area contributed by atoms with Crippen LogP contribution in [-0.2, 0) is 4.79 Å². The number of carbonyl (C=O) groups is 1. The molecule has 0 aliphatic rings. The Balaban J connectivity index is 2.47. The summed E-state index contributed by atoms with van der Waals surface area (Å²) in [5.74, 6) is -0.253. The molecule has 1 aromatic rings. The summed E-state index contributed by atoms with van der Waals surface area (Å²) in [5.41, 5.74) is 0. The summed E-state index contributed by atoms with van der Waals surface area (Å²) in [7, 11) is 0. The molecular formula is C14H19BrFNO2. The molecular weight excluding hydrogens is 313 g/mol. The molecule has 0 saturated carbocycles. The fourth-order valence-corrected chi connectivity index (χ4v) is 1.88. The van der Waals surface area contributed by atoms with Crippen molar-refractivity contribution in [3.63, 3.8) is 0 Å². The molecule has 0 aromatic heterocycles. The van der Waals surface area contributed by atoms with E-state index in [0.717, 1.165) is 19.3 Å². The molecule has 19 heavy (non-hydrogen) atoms. The molecule has 106 valence electrons. The zero-order chi connectivity index (χ0) is 14.3. The minimum Gasteiger partial charge on any atom is -0.480 e. The number of halogens is 2. The van der Waals surface area contributed by atoms with Gasteiger partial charge in [-0.05, 0) is 41.4 Å². The summed E-state index contributed by atoms with van der Waals surface area (Å²) >= 11 is 3.26. The van der Waals surface area contributed by atoms with E-state index in [1.165, 1.54) is 12.1 Å². The van der Waals surface area contributed by atoms with Gasteiger partial charge in [0, 0.05) is 12.6 Å². The highest BCUT2D eigenvalue weighted by atomic mass is 79.9. The average molecular weight is 332 g/mol. The molecule has 1 N–H and O–H groups in total. The van der Waals surface area contributed by atoms with E-state index < -0.39 is 11.9 Å². The van der Waals surface area contributed by atoms with E-state index in [9.17, 15) is 9.18 Å². The maximum absolute atomic E-state index is 13.1. The van der Waals surface area contributed by atoms with Gasteiger partial charge in [-0.3, -0.25) is 4.79 Å². The van der Waals surface area contributed by atoms with Gasteiger partial charge < -0.3 is 10.1 Å². The van der Waals surface area contributed by atoms with Crippen molar-refractivity contribution in [2.24, 2.45) is 0 Å². The molecule has 1 atom stereocenters. The van der Waals surface area contributed by atoms with Crippen LogP contribution in [0, 0.1) is 5.82 Å². The number of ether oxygens (including phenoxy) is 1. The number of unbranched alkanes of at least 4 members (excludes halogenated alkanes) is 2. The second-order valence-corrected chi connectivity index (χ2v) is 5.19. The van der Waals surface area contributed by atoms with Crippen molar-refractivity contribution >= 4 is 21.8 Å². The monoisotopic (exact) mass is 331 g/mol. The van der Waals surface area contributed by atoms with E-state index in [4.69, 9.17) is 4.74 Å². The molecule has 0 saturated heterocycles. The molecule has 0 spiro atoms.